The van der Waals surface area contributed by atoms with E-state index in [1.807, 2.05) is 52.0 Å². The van der Waals surface area contributed by atoms with Gasteiger partial charge in [-0.2, -0.15) is 0 Å². The lowest BCUT2D eigenvalue weighted by atomic mass is 9.92. The number of rotatable bonds is 4. The highest BCUT2D eigenvalue weighted by Gasteiger charge is 2.20. The van der Waals surface area contributed by atoms with Gasteiger partial charge in [-0.1, -0.05) is 36.7 Å². The van der Waals surface area contributed by atoms with Crippen molar-refractivity contribution in [1.82, 2.24) is 5.32 Å². The summed E-state index contributed by atoms with van der Waals surface area (Å²) in [6.07, 6.45) is 0. The minimum atomic E-state index is -0.161. The van der Waals surface area contributed by atoms with Crippen molar-refractivity contribution >= 4 is 11.6 Å². The average Bonchev–Trinajstić information content (AvgIpc) is 2.40. The van der Waals surface area contributed by atoms with Gasteiger partial charge in [0.1, 0.15) is 5.82 Å². The molecule has 2 rings (SSSR count). The van der Waals surface area contributed by atoms with Crippen molar-refractivity contribution in [2.24, 2.45) is 0 Å². The molecule has 0 fully saturated rings. The quantitative estimate of drug-likeness (QED) is 0.828. The van der Waals surface area contributed by atoms with Crippen molar-refractivity contribution in [2.75, 3.05) is 6.54 Å². The molecule has 0 aliphatic carbocycles. The van der Waals surface area contributed by atoms with Gasteiger partial charge in [-0.15, -0.1) is 0 Å². The zero-order valence-electron chi connectivity index (χ0n) is 12.9. The van der Waals surface area contributed by atoms with Crippen LogP contribution in [0.1, 0.15) is 40.8 Å². The van der Waals surface area contributed by atoms with Gasteiger partial charge in [0.05, 0.1) is 6.04 Å². The first-order valence-corrected chi connectivity index (χ1v) is 7.58. The maximum Gasteiger partial charge on any atom is 0.128 e. The SMILES string of the molecule is CCNC(c1ccc(Cl)c(C)c1)c1c(C)cc(C)cc1F. The largest absolute Gasteiger partial charge is 0.306 e. The maximum absolute atomic E-state index is 14.5. The molecule has 1 atom stereocenters. The Balaban J connectivity index is 2.55. The van der Waals surface area contributed by atoms with Crippen LogP contribution in [-0.4, -0.2) is 6.54 Å². The van der Waals surface area contributed by atoms with E-state index in [2.05, 4.69) is 5.32 Å². The standard InChI is InChI=1S/C18H21ClFN/c1-5-21-18(14-6-7-15(19)12(3)10-14)17-13(4)8-11(2)9-16(17)20/h6-10,18,21H,5H2,1-4H3. The molecule has 0 bridgehead atoms. The summed E-state index contributed by atoms with van der Waals surface area (Å²) in [7, 11) is 0. The number of hydrogen-bond acceptors (Lipinski definition) is 1. The smallest absolute Gasteiger partial charge is 0.128 e. The highest BCUT2D eigenvalue weighted by Crippen LogP contribution is 2.30. The second kappa shape index (κ2) is 6.59. The molecule has 0 aliphatic heterocycles. The number of hydrogen-bond donors (Lipinski definition) is 1. The van der Waals surface area contributed by atoms with E-state index in [0.29, 0.717) is 5.56 Å². The zero-order chi connectivity index (χ0) is 15.6. The Kier molecular flexibility index (Phi) is 5.02. The molecule has 21 heavy (non-hydrogen) atoms. The van der Waals surface area contributed by atoms with E-state index in [1.165, 1.54) is 0 Å². The van der Waals surface area contributed by atoms with Crippen molar-refractivity contribution in [2.45, 2.75) is 33.7 Å². The molecule has 0 heterocycles. The molecule has 1 nitrogen and oxygen atoms in total. The second-order valence-electron chi connectivity index (χ2n) is 5.48. The summed E-state index contributed by atoms with van der Waals surface area (Å²) >= 11 is 6.10. The summed E-state index contributed by atoms with van der Waals surface area (Å²) in [4.78, 5) is 0. The average molecular weight is 306 g/mol. The third-order valence-corrected chi connectivity index (χ3v) is 4.12. The van der Waals surface area contributed by atoms with Gasteiger partial charge in [-0.25, -0.2) is 4.39 Å². The summed E-state index contributed by atoms with van der Waals surface area (Å²) < 4.78 is 14.5. The van der Waals surface area contributed by atoms with Gasteiger partial charge in [0.2, 0.25) is 0 Å². The van der Waals surface area contributed by atoms with Gasteiger partial charge in [0.15, 0.2) is 0 Å². The van der Waals surface area contributed by atoms with Gasteiger partial charge in [-0.05, 0) is 61.7 Å². The molecule has 112 valence electrons. The zero-order valence-corrected chi connectivity index (χ0v) is 13.7. The van der Waals surface area contributed by atoms with E-state index in [0.717, 1.165) is 33.8 Å². The molecule has 1 unspecified atom stereocenters. The predicted octanol–water partition coefficient (Wildman–Crippen LogP) is 5.10. The van der Waals surface area contributed by atoms with Gasteiger partial charge in [0, 0.05) is 10.6 Å². The molecule has 0 saturated heterocycles. The van der Waals surface area contributed by atoms with Gasteiger partial charge in [0.25, 0.3) is 0 Å². The maximum atomic E-state index is 14.5. The van der Waals surface area contributed by atoms with Crippen LogP contribution in [0.3, 0.4) is 0 Å². The molecule has 0 aliphatic rings. The highest BCUT2D eigenvalue weighted by molar-refractivity contribution is 6.31. The fourth-order valence-corrected chi connectivity index (χ4v) is 2.85. The molecule has 2 aromatic carbocycles. The fraction of sp³-hybridized carbons (Fsp3) is 0.333. The van der Waals surface area contributed by atoms with Crippen LogP contribution in [-0.2, 0) is 0 Å². The van der Waals surface area contributed by atoms with Crippen molar-refractivity contribution < 1.29 is 4.39 Å². The number of aryl methyl sites for hydroxylation is 3. The summed E-state index contributed by atoms with van der Waals surface area (Å²) in [5.41, 5.74) is 4.65. The summed E-state index contributed by atoms with van der Waals surface area (Å²) in [6, 6.07) is 9.31. The van der Waals surface area contributed by atoms with Crippen LogP contribution in [0.25, 0.3) is 0 Å². The van der Waals surface area contributed by atoms with E-state index in [4.69, 9.17) is 11.6 Å². The highest BCUT2D eigenvalue weighted by atomic mass is 35.5. The molecule has 2 aromatic rings. The van der Waals surface area contributed by atoms with Gasteiger partial charge < -0.3 is 5.32 Å². The molecule has 1 N–H and O–H groups in total. The van der Waals surface area contributed by atoms with E-state index in [9.17, 15) is 4.39 Å². The Labute approximate surface area is 131 Å². The van der Waals surface area contributed by atoms with Crippen LogP contribution >= 0.6 is 11.6 Å². The van der Waals surface area contributed by atoms with Crippen molar-refractivity contribution in [3.05, 3.63) is 69.0 Å². The molecule has 0 amide bonds. The second-order valence-corrected chi connectivity index (χ2v) is 5.88. The Hall–Kier alpha value is -1.38. The molecule has 0 aromatic heterocycles. The van der Waals surface area contributed by atoms with Crippen molar-refractivity contribution in [3.63, 3.8) is 0 Å². The van der Waals surface area contributed by atoms with E-state index >= 15 is 0 Å². The lowest BCUT2D eigenvalue weighted by molar-refractivity contribution is 0.555. The van der Waals surface area contributed by atoms with Crippen LogP contribution in [0.4, 0.5) is 4.39 Å². The molecular formula is C18H21ClFN. The molecular weight excluding hydrogens is 285 g/mol. The van der Waals surface area contributed by atoms with Crippen LogP contribution in [0.5, 0.6) is 0 Å². The minimum absolute atomic E-state index is 0.161. The predicted molar refractivity (Wildman–Crippen MR) is 87.6 cm³/mol. The molecule has 0 spiro atoms. The van der Waals surface area contributed by atoms with E-state index in [-0.39, 0.29) is 11.9 Å². The minimum Gasteiger partial charge on any atom is -0.306 e. The van der Waals surface area contributed by atoms with Gasteiger partial charge in [-0.3, -0.25) is 0 Å². The van der Waals surface area contributed by atoms with E-state index in [1.54, 1.807) is 6.07 Å². The van der Waals surface area contributed by atoms with Crippen LogP contribution in [0, 0.1) is 26.6 Å². The fourth-order valence-electron chi connectivity index (χ4n) is 2.73. The lowest BCUT2D eigenvalue weighted by Gasteiger charge is -2.22. The Bertz CT molecular complexity index is 629. The number of benzene rings is 2. The number of halogens is 2. The third kappa shape index (κ3) is 3.45. The van der Waals surface area contributed by atoms with Crippen LogP contribution in [0.2, 0.25) is 5.02 Å². The number of nitrogens with one attached hydrogen (secondary N) is 1. The molecule has 0 radical (unpaired) electrons. The Morgan fingerprint density at radius 3 is 2.38 bits per heavy atom. The normalized spacial score (nSPS) is 12.5. The lowest BCUT2D eigenvalue weighted by Crippen LogP contribution is -2.24. The third-order valence-electron chi connectivity index (χ3n) is 3.69. The first-order chi connectivity index (χ1) is 9.93. The first-order valence-electron chi connectivity index (χ1n) is 7.20. The van der Waals surface area contributed by atoms with E-state index < -0.39 is 0 Å². The van der Waals surface area contributed by atoms with Gasteiger partial charge >= 0.3 is 0 Å². The van der Waals surface area contributed by atoms with Crippen molar-refractivity contribution in [1.29, 1.82) is 0 Å². The van der Waals surface area contributed by atoms with Crippen LogP contribution in [0.15, 0.2) is 30.3 Å². The monoisotopic (exact) mass is 305 g/mol. The molecule has 3 heteroatoms. The Morgan fingerprint density at radius 1 is 1.10 bits per heavy atom. The Morgan fingerprint density at radius 2 is 1.81 bits per heavy atom. The summed E-state index contributed by atoms with van der Waals surface area (Å²) in [5, 5.41) is 4.11. The first kappa shape index (κ1) is 16.0. The molecule has 0 saturated carbocycles. The van der Waals surface area contributed by atoms with Crippen molar-refractivity contribution in [3.8, 4) is 0 Å². The van der Waals surface area contributed by atoms with Crippen LogP contribution < -0.4 is 5.32 Å². The summed E-state index contributed by atoms with van der Waals surface area (Å²) in [6.45, 7) is 8.62. The summed E-state index contributed by atoms with van der Waals surface area (Å²) in [5.74, 6) is -0.161. The topological polar surface area (TPSA) is 12.0 Å².